The lowest BCUT2D eigenvalue weighted by atomic mass is 9.85. The summed E-state index contributed by atoms with van der Waals surface area (Å²) in [5, 5.41) is 9.95. The number of carbonyl (C=O) groups excluding carboxylic acids is 3. The van der Waals surface area contributed by atoms with Crippen LogP contribution >= 0.6 is 0 Å². The second-order valence-corrected chi connectivity index (χ2v) is 9.30. The van der Waals surface area contributed by atoms with E-state index < -0.39 is 5.54 Å². The molecule has 3 heterocycles. The van der Waals surface area contributed by atoms with Crippen LogP contribution < -0.4 is 10.2 Å². The van der Waals surface area contributed by atoms with Crippen molar-refractivity contribution in [2.75, 3.05) is 24.5 Å². The van der Waals surface area contributed by atoms with E-state index in [2.05, 4.69) is 45.5 Å². The van der Waals surface area contributed by atoms with E-state index in [9.17, 15) is 14.4 Å². The number of Topliss-reactive ketones (excluding diaryl/α,β-unsaturated/α-hetero) is 1. The molecular weight excluding hydrogens is 406 g/mol. The highest BCUT2D eigenvalue weighted by Crippen LogP contribution is 2.45. The molecule has 2 saturated heterocycles. The van der Waals surface area contributed by atoms with Crippen LogP contribution in [0.1, 0.15) is 39.0 Å². The van der Waals surface area contributed by atoms with Crippen molar-refractivity contribution in [1.29, 1.82) is 0 Å². The molecule has 168 valence electrons. The fourth-order valence-electron chi connectivity index (χ4n) is 5.28. The zero-order valence-electron chi connectivity index (χ0n) is 18.3. The number of amides is 2. The first kappa shape index (κ1) is 20.7. The molecule has 0 bridgehead atoms. The SMILES string of the molecule is C[C@H]1CN(C(=O)CCC2(C3CC3)NC(=O)CC2=O)CCN1c1cccc(-c2ccn[nH]2)c1. The number of piperazine rings is 1. The summed E-state index contributed by atoms with van der Waals surface area (Å²) >= 11 is 0. The van der Waals surface area contributed by atoms with Crippen molar-refractivity contribution in [3.05, 3.63) is 36.5 Å². The molecule has 1 aromatic heterocycles. The quantitative estimate of drug-likeness (QED) is 0.678. The van der Waals surface area contributed by atoms with Gasteiger partial charge in [-0.15, -0.1) is 0 Å². The average Bonchev–Trinajstić information content (AvgIpc) is 3.41. The Morgan fingerprint density at radius 1 is 1.22 bits per heavy atom. The molecule has 1 unspecified atom stereocenters. The van der Waals surface area contributed by atoms with Crippen LogP contribution in [0, 0.1) is 5.92 Å². The summed E-state index contributed by atoms with van der Waals surface area (Å²) in [7, 11) is 0. The van der Waals surface area contributed by atoms with Gasteiger partial charge >= 0.3 is 0 Å². The molecule has 3 fully saturated rings. The summed E-state index contributed by atoms with van der Waals surface area (Å²) in [6, 6.07) is 10.5. The van der Waals surface area contributed by atoms with Gasteiger partial charge in [-0.3, -0.25) is 19.5 Å². The number of ketones is 1. The Kier molecular flexibility index (Phi) is 5.23. The van der Waals surface area contributed by atoms with E-state index in [0.29, 0.717) is 25.9 Å². The minimum absolute atomic E-state index is 0.0341. The molecule has 8 nitrogen and oxygen atoms in total. The smallest absolute Gasteiger partial charge is 0.228 e. The van der Waals surface area contributed by atoms with Crippen LogP contribution in [0.2, 0.25) is 0 Å². The number of hydrogen-bond donors (Lipinski definition) is 2. The molecule has 2 N–H and O–H groups in total. The van der Waals surface area contributed by atoms with E-state index in [-0.39, 0.29) is 36.0 Å². The first-order valence-corrected chi connectivity index (χ1v) is 11.4. The van der Waals surface area contributed by atoms with Gasteiger partial charge < -0.3 is 15.1 Å². The van der Waals surface area contributed by atoms with Crippen molar-refractivity contribution in [1.82, 2.24) is 20.4 Å². The Morgan fingerprint density at radius 3 is 2.72 bits per heavy atom. The molecule has 2 atom stereocenters. The molecule has 2 aliphatic heterocycles. The van der Waals surface area contributed by atoms with Gasteiger partial charge in [0, 0.05) is 49.5 Å². The van der Waals surface area contributed by atoms with Crippen molar-refractivity contribution in [2.24, 2.45) is 5.92 Å². The number of hydrogen-bond acceptors (Lipinski definition) is 5. The van der Waals surface area contributed by atoms with E-state index >= 15 is 0 Å². The van der Waals surface area contributed by atoms with Gasteiger partial charge in [0.1, 0.15) is 5.54 Å². The molecular formula is C24H29N5O3. The van der Waals surface area contributed by atoms with E-state index in [1.165, 1.54) is 0 Å². The van der Waals surface area contributed by atoms with Crippen molar-refractivity contribution in [3.63, 3.8) is 0 Å². The minimum atomic E-state index is -0.798. The lowest BCUT2D eigenvalue weighted by Crippen LogP contribution is -2.54. The fraction of sp³-hybridized carbons (Fsp3) is 0.500. The van der Waals surface area contributed by atoms with Crippen molar-refractivity contribution in [3.8, 4) is 11.3 Å². The van der Waals surface area contributed by atoms with E-state index in [4.69, 9.17) is 0 Å². The maximum Gasteiger partial charge on any atom is 0.228 e. The number of nitrogens with one attached hydrogen (secondary N) is 2. The van der Waals surface area contributed by atoms with Gasteiger partial charge in [0.2, 0.25) is 11.8 Å². The number of nitrogens with zero attached hydrogens (tertiary/aromatic N) is 3. The van der Waals surface area contributed by atoms with Gasteiger partial charge in [-0.05, 0) is 50.3 Å². The molecule has 2 aromatic rings. The molecule has 5 rings (SSSR count). The Balaban J connectivity index is 1.21. The third-order valence-electron chi connectivity index (χ3n) is 7.16. The summed E-state index contributed by atoms with van der Waals surface area (Å²) in [4.78, 5) is 41.6. The summed E-state index contributed by atoms with van der Waals surface area (Å²) in [5.74, 6) is 0.0333. The summed E-state index contributed by atoms with van der Waals surface area (Å²) in [5.41, 5.74) is 2.39. The Labute approximate surface area is 187 Å². The summed E-state index contributed by atoms with van der Waals surface area (Å²) in [6.45, 7) is 4.18. The Bertz CT molecular complexity index is 1030. The zero-order chi connectivity index (χ0) is 22.3. The fourth-order valence-corrected chi connectivity index (χ4v) is 5.28. The molecule has 32 heavy (non-hydrogen) atoms. The van der Waals surface area contributed by atoms with Crippen LogP contribution in [-0.2, 0) is 14.4 Å². The number of aromatic nitrogens is 2. The van der Waals surface area contributed by atoms with Gasteiger partial charge in [-0.25, -0.2) is 0 Å². The standard InChI is InChI=1S/C24H29N5O3/c1-16-15-28(23(32)7-9-24(18-5-6-18)21(30)14-22(31)26-24)11-12-29(16)19-4-2-3-17(13-19)20-8-10-25-27-20/h2-4,8,10,13,16,18H,5-7,9,11-12,14-15H2,1H3,(H,25,27)(H,26,31)/t16-,24?/m0/s1. The third kappa shape index (κ3) is 3.78. The van der Waals surface area contributed by atoms with Crippen LogP contribution in [0.3, 0.4) is 0 Å². The van der Waals surface area contributed by atoms with E-state index in [0.717, 1.165) is 36.3 Å². The maximum atomic E-state index is 13.0. The van der Waals surface area contributed by atoms with Gasteiger partial charge in [0.05, 0.1) is 12.1 Å². The topological polar surface area (TPSA) is 98.4 Å². The predicted octanol–water partition coefficient (Wildman–Crippen LogP) is 2.13. The van der Waals surface area contributed by atoms with Crippen molar-refractivity contribution >= 4 is 23.3 Å². The lowest BCUT2D eigenvalue weighted by molar-refractivity contribution is -0.133. The van der Waals surface area contributed by atoms with Gasteiger partial charge in [0.25, 0.3) is 0 Å². The van der Waals surface area contributed by atoms with Crippen LogP contribution in [0.5, 0.6) is 0 Å². The number of anilines is 1. The predicted molar refractivity (Wildman–Crippen MR) is 120 cm³/mol. The molecule has 1 saturated carbocycles. The van der Waals surface area contributed by atoms with Crippen molar-refractivity contribution in [2.45, 2.75) is 50.6 Å². The Morgan fingerprint density at radius 2 is 2.06 bits per heavy atom. The second-order valence-electron chi connectivity index (χ2n) is 9.30. The normalized spacial score (nSPS) is 25.8. The largest absolute Gasteiger partial charge is 0.365 e. The molecule has 1 aromatic carbocycles. The lowest BCUT2D eigenvalue weighted by Gasteiger charge is -2.41. The minimum Gasteiger partial charge on any atom is -0.365 e. The molecule has 0 radical (unpaired) electrons. The van der Waals surface area contributed by atoms with Crippen LogP contribution in [0.15, 0.2) is 36.5 Å². The van der Waals surface area contributed by atoms with Gasteiger partial charge in [-0.2, -0.15) is 5.10 Å². The average molecular weight is 436 g/mol. The van der Waals surface area contributed by atoms with Gasteiger partial charge in [0.15, 0.2) is 5.78 Å². The number of rotatable bonds is 6. The molecule has 3 aliphatic rings. The number of aromatic amines is 1. The monoisotopic (exact) mass is 435 g/mol. The zero-order valence-corrected chi connectivity index (χ0v) is 18.3. The molecule has 8 heteroatoms. The van der Waals surface area contributed by atoms with E-state index in [1.54, 1.807) is 6.20 Å². The highest BCUT2D eigenvalue weighted by molar-refractivity contribution is 6.10. The second kappa shape index (κ2) is 8.07. The van der Waals surface area contributed by atoms with Crippen LogP contribution in [-0.4, -0.2) is 63.9 Å². The molecule has 2 amide bonds. The highest BCUT2D eigenvalue weighted by atomic mass is 16.2. The number of benzene rings is 1. The Hall–Kier alpha value is -3.16. The summed E-state index contributed by atoms with van der Waals surface area (Å²) < 4.78 is 0. The summed E-state index contributed by atoms with van der Waals surface area (Å²) in [6.07, 6.45) is 4.32. The van der Waals surface area contributed by atoms with Crippen molar-refractivity contribution < 1.29 is 14.4 Å². The van der Waals surface area contributed by atoms with E-state index in [1.807, 2.05) is 17.0 Å². The third-order valence-corrected chi connectivity index (χ3v) is 7.16. The molecule has 0 spiro atoms. The van der Waals surface area contributed by atoms with Gasteiger partial charge in [-0.1, -0.05) is 12.1 Å². The number of H-pyrrole nitrogens is 1. The first-order chi connectivity index (χ1) is 15.5. The highest BCUT2D eigenvalue weighted by Gasteiger charge is 2.55. The maximum absolute atomic E-state index is 13.0. The van der Waals surface area contributed by atoms with Crippen LogP contribution in [0.25, 0.3) is 11.3 Å². The van der Waals surface area contributed by atoms with Crippen LogP contribution in [0.4, 0.5) is 5.69 Å². The number of carbonyl (C=O) groups is 3. The molecule has 1 aliphatic carbocycles. The first-order valence-electron chi connectivity index (χ1n) is 11.4.